The molecule has 96 valence electrons. The Balaban J connectivity index is 2.26. The van der Waals surface area contributed by atoms with Gasteiger partial charge in [-0.05, 0) is 30.3 Å². The Labute approximate surface area is 115 Å². The van der Waals surface area contributed by atoms with Crippen molar-refractivity contribution in [1.29, 1.82) is 5.26 Å². The minimum absolute atomic E-state index is 0.287. The Bertz CT molecular complexity index is 617. The molecule has 0 radical (unpaired) electrons. The molecule has 2 rings (SSSR count). The molecule has 1 unspecified atom stereocenters. The average Bonchev–Trinajstić information content (AvgIpc) is 2.92. The SMILES string of the molecule is CN(C(=O)c1cccc(Cl)c1)C(C#N)c1ccco1. The molecule has 0 spiro atoms. The average molecular weight is 275 g/mol. The lowest BCUT2D eigenvalue weighted by Gasteiger charge is -2.21. The molecule has 0 N–H and O–H groups in total. The highest BCUT2D eigenvalue weighted by molar-refractivity contribution is 6.30. The van der Waals surface area contributed by atoms with Crippen molar-refractivity contribution in [3.8, 4) is 6.07 Å². The van der Waals surface area contributed by atoms with Gasteiger partial charge in [0.25, 0.3) is 5.91 Å². The highest BCUT2D eigenvalue weighted by Crippen LogP contribution is 2.22. The Hall–Kier alpha value is -2.25. The molecule has 0 saturated carbocycles. The van der Waals surface area contributed by atoms with Gasteiger partial charge in [-0.1, -0.05) is 17.7 Å². The predicted octanol–water partition coefficient (Wildman–Crippen LogP) is 3.27. The molecule has 1 aromatic carbocycles. The van der Waals surface area contributed by atoms with Crippen LogP contribution in [-0.4, -0.2) is 17.9 Å². The predicted molar refractivity (Wildman–Crippen MR) is 70.6 cm³/mol. The summed E-state index contributed by atoms with van der Waals surface area (Å²) in [5.74, 6) is 0.144. The molecule has 1 aromatic heterocycles. The second-order valence-corrected chi connectivity index (χ2v) is 4.41. The maximum Gasteiger partial charge on any atom is 0.255 e. The molecule has 1 amide bonds. The van der Waals surface area contributed by atoms with Crippen LogP contribution in [0.3, 0.4) is 0 Å². The largest absolute Gasteiger partial charge is 0.466 e. The van der Waals surface area contributed by atoms with E-state index in [1.165, 1.54) is 11.2 Å². The molecule has 0 aliphatic heterocycles. The summed E-state index contributed by atoms with van der Waals surface area (Å²) in [6.07, 6.45) is 1.47. The molecule has 19 heavy (non-hydrogen) atoms. The smallest absolute Gasteiger partial charge is 0.255 e. The van der Waals surface area contributed by atoms with Gasteiger partial charge in [-0.2, -0.15) is 5.26 Å². The lowest BCUT2D eigenvalue weighted by atomic mass is 10.1. The minimum atomic E-state index is -0.763. The van der Waals surface area contributed by atoms with Gasteiger partial charge in [-0.15, -0.1) is 0 Å². The van der Waals surface area contributed by atoms with Crippen molar-refractivity contribution in [3.05, 3.63) is 59.0 Å². The van der Waals surface area contributed by atoms with Crippen molar-refractivity contribution in [2.24, 2.45) is 0 Å². The zero-order chi connectivity index (χ0) is 13.8. The topological polar surface area (TPSA) is 57.2 Å². The van der Waals surface area contributed by atoms with Crippen molar-refractivity contribution in [1.82, 2.24) is 4.90 Å². The first-order valence-corrected chi connectivity index (χ1v) is 5.97. The Morgan fingerprint density at radius 1 is 1.42 bits per heavy atom. The van der Waals surface area contributed by atoms with Gasteiger partial charge in [0.1, 0.15) is 5.76 Å². The van der Waals surface area contributed by atoms with Crippen LogP contribution in [0.15, 0.2) is 47.1 Å². The molecule has 0 aliphatic rings. The van der Waals surface area contributed by atoms with Gasteiger partial charge in [-0.25, -0.2) is 0 Å². The highest BCUT2D eigenvalue weighted by atomic mass is 35.5. The van der Waals surface area contributed by atoms with Gasteiger partial charge in [0.2, 0.25) is 0 Å². The van der Waals surface area contributed by atoms with E-state index >= 15 is 0 Å². The summed E-state index contributed by atoms with van der Waals surface area (Å²) in [4.78, 5) is 13.6. The van der Waals surface area contributed by atoms with Crippen LogP contribution in [0.1, 0.15) is 22.2 Å². The number of nitriles is 1. The number of carbonyl (C=O) groups excluding carboxylic acids is 1. The van der Waals surface area contributed by atoms with Gasteiger partial charge >= 0.3 is 0 Å². The quantitative estimate of drug-likeness (QED) is 0.863. The number of nitrogens with zero attached hydrogens (tertiary/aromatic N) is 2. The first-order valence-electron chi connectivity index (χ1n) is 5.59. The zero-order valence-corrected chi connectivity index (χ0v) is 11.0. The highest BCUT2D eigenvalue weighted by Gasteiger charge is 2.24. The monoisotopic (exact) mass is 274 g/mol. The minimum Gasteiger partial charge on any atom is -0.466 e. The second kappa shape index (κ2) is 5.59. The fourth-order valence-electron chi connectivity index (χ4n) is 1.73. The lowest BCUT2D eigenvalue weighted by Crippen LogP contribution is -2.30. The van der Waals surface area contributed by atoms with E-state index in [2.05, 4.69) is 0 Å². The lowest BCUT2D eigenvalue weighted by molar-refractivity contribution is 0.0750. The summed E-state index contributed by atoms with van der Waals surface area (Å²) in [6, 6.07) is 11.2. The zero-order valence-electron chi connectivity index (χ0n) is 10.2. The summed E-state index contributed by atoms with van der Waals surface area (Å²) >= 11 is 5.85. The molecule has 2 aromatic rings. The van der Waals surface area contributed by atoms with Gasteiger partial charge in [0.05, 0.1) is 12.3 Å². The number of hydrogen-bond donors (Lipinski definition) is 0. The van der Waals surface area contributed by atoms with E-state index in [1.54, 1.807) is 43.4 Å². The molecule has 4 nitrogen and oxygen atoms in total. The third-order valence-corrected chi connectivity index (χ3v) is 2.95. The summed E-state index contributed by atoms with van der Waals surface area (Å²) in [5, 5.41) is 9.67. The molecule has 0 bridgehead atoms. The van der Waals surface area contributed by atoms with E-state index in [9.17, 15) is 10.1 Å². The van der Waals surface area contributed by atoms with Crippen LogP contribution >= 0.6 is 11.6 Å². The van der Waals surface area contributed by atoms with Crippen molar-refractivity contribution >= 4 is 17.5 Å². The molecular weight excluding hydrogens is 264 g/mol. The van der Waals surface area contributed by atoms with Crippen LogP contribution in [0.5, 0.6) is 0 Å². The van der Waals surface area contributed by atoms with Crippen LogP contribution in [0.4, 0.5) is 0 Å². The normalized spacial score (nSPS) is 11.6. The van der Waals surface area contributed by atoms with Crippen LogP contribution in [0.25, 0.3) is 0 Å². The number of halogens is 1. The number of carbonyl (C=O) groups is 1. The summed E-state index contributed by atoms with van der Waals surface area (Å²) in [6.45, 7) is 0. The Morgan fingerprint density at radius 2 is 2.21 bits per heavy atom. The number of amides is 1. The van der Waals surface area contributed by atoms with Crippen LogP contribution < -0.4 is 0 Å². The van der Waals surface area contributed by atoms with Gasteiger partial charge < -0.3 is 9.32 Å². The molecule has 0 fully saturated rings. The fourth-order valence-corrected chi connectivity index (χ4v) is 1.92. The van der Waals surface area contributed by atoms with E-state index in [0.29, 0.717) is 16.3 Å². The maximum absolute atomic E-state index is 12.3. The first kappa shape index (κ1) is 13.2. The Kier molecular flexibility index (Phi) is 3.88. The van der Waals surface area contributed by atoms with Gasteiger partial charge in [0.15, 0.2) is 6.04 Å². The Morgan fingerprint density at radius 3 is 2.79 bits per heavy atom. The van der Waals surface area contributed by atoms with E-state index in [0.717, 1.165) is 0 Å². The van der Waals surface area contributed by atoms with Crippen molar-refractivity contribution in [2.75, 3.05) is 7.05 Å². The van der Waals surface area contributed by atoms with Crippen LogP contribution in [0.2, 0.25) is 5.02 Å². The fraction of sp³-hybridized carbons (Fsp3) is 0.143. The summed E-state index contributed by atoms with van der Waals surface area (Å²) in [5.41, 5.74) is 0.432. The third-order valence-electron chi connectivity index (χ3n) is 2.71. The summed E-state index contributed by atoms with van der Waals surface area (Å²) < 4.78 is 5.17. The standard InChI is InChI=1S/C14H11ClN2O2/c1-17(12(9-16)13-6-3-7-19-13)14(18)10-4-2-5-11(15)8-10/h2-8,12H,1H3. The molecular formula is C14H11ClN2O2. The van der Waals surface area contributed by atoms with Crippen molar-refractivity contribution in [2.45, 2.75) is 6.04 Å². The molecule has 1 atom stereocenters. The maximum atomic E-state index is 12.3. The number of benzene rings is 1. The second-order valence-electron chi connectivity index (χ2n) is 3.97. The van der Waals surface area contributed by atoms with Gasteiger partial charge in [-0.3, -0.25) is 4.79 Å². The number of furan rings is 1. The molecule has 5 heteroatoms. The number of rotatable bonds is 3. The van der Waals surface area contributed by atoms with E-state index in [1.807, 2.05) is 6.07 Å². The van der Waals surface area contributed by atoms with Crippen LogP contribution in [0, 0.1) is 11.3 Å². The van der Waals surface area contributed by atoms with Crippen molar-refractivity contribution < 1.29 is 9.21 Å². The third kappa shape index (κ3) is 2.78. The van der Waals surface area contributed by atoms with E-state index in [4.69, 9.17) is 16.0 Å². The van der Waals surface area contributed by atoms with Gasteiger partial charge in [0, 0.05) is 17.6 Å². The molecule has 0 aliphatic carbocycles. The van der Waals surface area contributed by atoms with E-state index in [-0.39, 0.29) is 5.91 Å². The molecule has 1 heterocycles. The first-order chi connectivity index (χ1) is 9.13. The van der Waals surface area contributed by atoms with E-state index < -0.39 is 6.04 Å². The summed E-state index contributed by atoms with van der Waals surface area (Å²) in [7, 11) is 1.56. The number of hydrogen-bond acceptors (Lipinski definition) is 3. The van der Waals surface area contributed by atoms with Crippen molar-refractivity contribution in [3.63, 3.8) is 0 Å². The van der Waals surface area contributed by atoms with Crippen LogP contribution in [-0.2, 0) is 0 Å². The molecule has 0 saturated heterocycles.